The second-order valence-electron chi connectivity index (χ2n) is 14.5. The van der Waals surface area contributed by atoms with E-state index in [0.717, 1.165) is 5.75 Å². The smallest absolute Gasteiger partial charge is 0.257 e. The highest BCUT2D eigenvalue weighted by Gasteiger charge is 2.18. The Kier molecular flexibility index (Phi) is 26.9. The van der Waals surface area contributed by atoms with Crippen LogP contribution in [0.15, 0.2) is 109 Å². The van der Waals surface area contributed by atoms with Gasteiger partial charge in [0.05, 0.1) is 82.1 Å². The van der Waals surface area contributed by atoms with Gasteiger partial charge in [-0.15, -0.1) is 0 Å². The van der Waals surface area contributed by atoms with E-state index < -0.39 is 17.1 Å². The first-order chi connectivity index (χ1) is 34.9. The van der Waals surface area contributed by atoms with E-state index in [4.69, 9.17) is 87.2 Å². The van der Waals surface area contributed by atoms with Crippen LogP contribution < -0.4 is 45.9 Å². The first-order valence-electron chi connectivity index (χ1n) is 21.2. The molecule has 10 N–H and O–H groups in total. The van der Waals surface area contributed by atoms with Gasteiger partial charge in [-0.05, 0) is 144 Å². The second-order valence-corrected chi connectivity index (χ2v) is 16.0. The van der Waals surface area contributed by atoms with Crippen molar-refractivity contribution in [2.75, 3.05) is 50.1 Å². The number of carbonyl (C=O) groups is 4. The molecule has 0 saturated heterocycles. The lowest BCUT2D eigenvalue weighted by Crippen LogP contribution is -2.34. The fourth-order valence-electron chi connectivity index (χ4n) is 6.23. The minimum absolute atomic E-state index is 0. The summed E-state index contributed by atoms with van der Waals surface area (Å²) in [6.07, 6.45) is 0. The molecule has 0 aliphatic heterocycles. The zero-order valence-electron chi connectivity index (χ0n) is 39.8. The number of aliphatic hydroxyl groups excluding tert-OH is 4. The van der Waals surface area contributed by atoms with Gasteiger partial charge in [0.15, 0.2) is 5.11 Å². The normalized spacial score (nSPS) is 9.77. The average Bonchev–Trinajstić information content (AvgIpc) is 3.39. The lowest BCUT2D eigenvalue weighted by Gasteiger charge is -2.15. The Bertz CT molecular complexity index is 2870. The van der Waals surface area contributed by atoms with Crippen LogP contribution in [0.25, 0.3) is 0 Å². The van der Waals surface area contributed by atoms with Crippen LogP contribution in [0, 0.1) is 11.3 Å². The number of halogens is 3. The van der Waals surface area contributed by atoms with E-state index in [9.17, 15) is 29.4 Å². The number of nitrogens with zero attached hydrogens (tertiary/aromatic N) is 1. The molecule has 3 amide bonds. The Morgan fingerprint density at radius 3 is 1.39 bits per heavy atom. The fraction of sp³-hybridized carbons (Fsp3) is 0.192. The standard InChI is InChI=1S/C25H24ClN3O6S.C14H13ClN2O2.C10H11ClO4.C2H3N.CH4/c1-34-18-6-3-16(4-7-18)27-24(33)19-11-17(5-8-21(19)26)28-25(36)29-23(32)14-9-15(12-30)20(13-31)22(10-14)35-2;1-19-11-5-3-10(4-6-11)17-14(18)12-8-9(16)2-7-13(12)15;1-15-9-3-6(10(11)14)2-7(4-12)8(9)5-13;1-2-3;/h3-11,30-31H,12-13H2,1-2H3,(H,27,33)(H2,28,29,32,36);2-8H,16H2,1H3,(H,17,18);2-3,12-13H,4-5H2,1H3;1H3;1H4. The molecule has 0 radical (unpaired) electrons. The highest BCUT2D eigenvalue weighted by Crippen LogP contribution is 2.28. The summed E-state index contributed by atoms with van der Waals surface area (Å²) < 4.78 is 20.4. The van der Waals surface area contributed by atoms with Gasteiger partial charge in [0.1, 0.15) is 23.0 Å². The number of amides is 3. The summed E-state index contributed by atoms with van der Waals surface area (Å²) in [7, 11) is 5.94. The zero-order valence-corrected chi connectivity index (χ0v) is 42.9. The van der Waals surface area contributed by atoms with Crippen LogP contribution in [-0.2, 0) is 26.4 Å². The molecule has 0 unspecified atom stereocenters. The molecule has 0 heterocycles. The van der Waals surface area contributed by atoms with Gasteiger partial charge in [0.25, 0.3) is 23.0 Å². The maximum absolute atomic E-state index is 12.8. The highest BCUT2D eigenvalue weighted by molar-refractivity contribution is 7.80. The Morgan fingerprint density at radius 2 is 0.986 bits per heavy atom. The number of rotatable bonds is 15. The molecule has 0 atom stereocenters. The number of hydrogen-bond acceptors (Lipinski definition) is 15. The molecule has 0 bridgehead atoms. The molecule has 0 aromatic heterocycles. The molecule has 74 heavy (non-hydrogen) atoms. The number of nitrogens with one attached hydrogen (secondary N) is 4. The first kappa shape index (κ1) is 62.6. The number of aliphatic hydroxyl groups is 4. The van der Waals surface area contributed by atoms with Crippen molar-refractivity contribution < 1.29 is 58.6 Å². The number of hydrogen-bond donors (Lipinski definition) is 9. The zero-order chi connectivity index (χ0) is 54.2. The van der Waals surface area contributed by atoms with E-state index in [1.165, 1.54) is 57.5 Å². The summed E-state index contributed by atoms with van der Waals surface area (Å²) in [5, 5.41) is 55.4. The van der Waals surface area contributed by atoms with Crippen molar-refractivity contribution in [3.8, 4) is 29.1 Å². The third kappa shape index (κ3) is 18.5. The van der Waals surface area contributed by atoms with Crippen molar-refractivity contribution in [2.45, 2.75) is 40.8 Å². The molecule has 0 aliphatic carbocycles. The number of ether oxygens (including phenoxy) is 4. The Balaban J connectivity index is 0.000000412. The monoisotopic (exact) mass is 1090 g/mol. The van der Waals surface area contributed by atoms with Crippen LogP contribution >= 0.6 is 47.0 Å². The van der Waals surface area contributed by atoms with E-state index in [1.54, 1.807) is 93.1 Å². The average molecular weight is 1090 g/mol. The molecule has 392 valence electrons. The minimum Gasteiger partial charge on any atom is -0.497 e. The van der Waals surface area contributed by atoms with Gasteiger partial charge in [0, 0.05) is 51.9 Å². The number of carbonyl (C=O) groups excluding carboxylic acids is 4. The molecule has 22 heteroatoms. The second kappa shape index (κ2) is 31.8. The van der Waals surface area contributed by atoms with E-state index in [-0.39, 0.29) is 72.3 Å². The largest absolute Gasteiger partial charge is 0.497 e. The van der Waals surface area contributed by atoms with E-state index >= 15 is 0 Å². The minimum atomic E-state index is -0.632. The molecule has 0 fully saturated rings. The SMILES string of the molecule is C.CC#N.COc1cc(C(=O)Cl)cc(CO)c1CO.COc1ccc(NC(=O)c2cc(N)ccc2Cl)cc1.COc1ccc(NC(=O)c2cc(NC(=S)NC(=O)c3cc(CO)c(CO)c(OC)c3)ccc2Cl)cc1. The van der Waals surface area contributed by atoms with Gasteiger partial charge < -0.3 is 61.1 Å². The van der Waals surface area contributed by atoms with Crippen LogP contribution in [0.2, 0.25) is 10.0 Å². The molecular formula is C52H55Cl3N6O12S. The summed E-state index contributed by atoms with van der Waals surface area (Å²) in [5.74, 6) is 0.685. The number of nitriles is 1. The summed E-state index contributed by atoms with van der Waals surface area (Å²) in [4.78, 5) is 48.5. The third-order valence-electron chi connectivity index (χ3n) is 9.82. The topological polar surface area (TPSA) is 284 Å². The summed E-state index contributed by atoms with van der Waals surface area (Å²) in [6, 6.07) is 30.8. The molecular weight excluding hydrogens is 1040 g/mol. The number of thiocarbonyl (C=S) groups is 1. The summed E-state index contributed by atoms with van der Waals surface area (Å²) >= 11 is 22.8. The number of nitrogens with two attached hydrogens (primary N) is 1. The lowest BCUT2D eigenvalue weighted by atomic mass is 10.0. The fourth-order valence-corrected chi connectivity index (χ4v) is 6.96. The maximum atomic E-state index is 12.8. The van der Waals surface area contributed by atoms with Crippen molar-refractivity contribution >= 4 is 97.8 Å². The van der Waals surface area contributed by atoms with E-state index in [0.29, 0.717) is 67.1 Å². The molecule has 0 spiro atoms. The predicted molar refractivity (Wildman–Crippen MR) is 291 cm³/mol. The van der Waals surface area contributed by atoms with Crippen LogP contribution in [0.3, 0.4) is 0 Å². The van der Waals surface area contributed by atoms with Gasteiger partial charge in [-0.1, -0.05) is 30.6 Å². The number of nitrogen functional groups attached to an aromatic ring is 1. The maximum Gasteiger partial charge on any atom is 0.257 e. The van der Waals surface area contributed by atoms with Crippen LogP contribution in [0.5, 0.6) is 23.0 Å². The summed E-state index contributed by atoms with van der Waals surface area (Å²) in [5.41, 5.74) is 10.4. The van der Waals surface area contributed by atoms with Crippen LogP contribution in [0.1, 0.15) is 78.0 Å². The third-order valence-corrected chi connectivity index (χ3v) is 10.9. The molecule has 0 saturated carbocycles. The van der Waals surface area contributed by atoms with Gasteiger partial charge in [-0.2, -0.15) is 5.26 Å². The number of methoxy groups -OCH3 is 4. The van der Waals surface area contributed by atoms with Gasteiger partial charge in [0.2, 0.25) is 0 Å². The molecule has 6 aromatic carbocycles. The predicted octanol–water partition coefficient (Wildman–Crippen LogP) is 9.13. The molecule has 0 aliphatic rings. The van der Waals surface area contributed by atoms with Gasteiger partial charge in [-0.3, -0.25) is 24.5 Å². The lowest BCUT2D eigenvalue weighted by molar-refractivity contribution is 0.0974. The van der Waals surface area contributed by atoms with Gasteiger partial charge >= 0.3 is 0 Å². The van der Waals surface area contributed by atoms with E-state index in [1.807, 2.05) is 0 Å². The highest BCUT2D eigenvalue weighted by atomic mass is 35.5. The quantitative estimate of drug-likeness (QED) is 0.0263. The van der Waals surface area contributed by atoms with Gasteiger partial charge in [-0.25, -0.2) is 0 Å². The first-order valence-corrected chi connectivity index (χ1v) is 22.7. The van der Waals surface area contributed by atoms with Crippen LogP contribution in [0.4, 0.5) is 22.7 Å². The van der Waals surface area contributed by atoms with E-state index in [2.05, 4.69) is 21.3 Å². The molecule has 6 rings (SSSR count). The number of anilines is 4. The Labute approximate surface area is 448 Å². The van der Waals surface area contributed by atoms with Crippen LogP contribution in [-0.4, -0.2) is 76.9 Å². The Hall–Kier alpha value is -7.51. The van der Waals surface area contributed by atoms with Crippen molar-refractivity contribution in [2.24, 2.45) is 0 Å². The van der Waals surface area contributed by atoms with Crippen molar-refractivity contribution in [3.05, 3.63) is 164 Å². The summed E-state index contributed by atoms with van der Waals surface area (Å²) in [6.45, 7) is 0.133. The Morgan fingerprint density at radius 1 is 0.581 bits per heavy atom. The number of benzene rings is 6. The molecule has 6 aromatic rings. The van der Waals surface area contributed by atoms with Crippen molar-refractivity contribution in [1.29, 1.82) is 5.26 Å². The van der Waals surface area contributed by atoms with Crippen molar-refractivity contribution in [3.63, 3.8) is 0 Å². The molecule has 18 nitrogen and oxygen atoms in total. The van der Waals surface area contributed by atoms with Crippen molar-refractivity contribution in [1.82, 2.24) is 5.32 Å².